The lowest BCUT2D eigenvalue weighted by Crippen LogP contribution is -2.40. The summed E-state index contributed by atoms with van der Waals surface area (Å²) in [6, 6.07) is 8.55. The minimum absolute atomic E-state index is 0.906. The number of hydrogen-bond donors (Lipinski definition) is 1. The molecule has 0 aliphatic carbocycles. The number of nitrogens with zero attached hydrogens (tertiary/aromatic N) is 2. The van der Waals surface area contributed by atoms with Crippen LogP contribution in [-0.4, -0.2) is 38.0 Å². The minimum atomic E-state index is 0.906. The van der Waals surface area contributed by atoms with Crippen LogP contribution in [0.5, 0.6) is 0 Å². The Balaban J connectivity index is 1.74. The number of halogens is 1. The van der Waals surface area contributed by atoms with E-state index in [1.165, 1.54) is 13.5 Å². The third kappa shape index (κ3) is 5.45. The fourth-order valence-electron chi connectivity index (χ4n) is 2.01. The first-order valence-corrected chi connectivity index (χ1v) is 9.36. The molecular formula is C15H20BrN3S2. The molecule has 6 heteroatoms. The van der Waals surface area contributed by atoms with E-state index in [2.05, 4.69) is 67.8 Å². The van der Waals surface area contributed by atoms with E-state index in [4.69, 9.17) is 0 Å². The van der Waals surface area contributed by atoms with E-state index in [9.17, 15) is 0 Å². The van der Waals surface area contributed by atoms with Crippen molar-refractivity contribution >= 4 is 44.6 Å². The maximum atomic E-state index is 4.35. The molecule has 0 fully saturated rings. The van der Waals surface area contributed by atoms with Gasteiger partial charge < -0.3 is 10.2 Å². The molecule has 0 aromatic carbocycles. The molecule has 0 unspecified atom stereocenters. The van der Waals surface area contributed by atoms with Crippen molar-refractivity contribution in [2.45, 2.75) is 12.8 Å². The molecular weight excluding hydrogens is 366 g/mol. The second-order valence-corrected chi connectivity index (χ2v) is 8.26. The SMILES string of the molecule is CN=C(NCCc1ccc(Br)s1)N(C)CCc1cccs1. The maximum absolute atomic E-state index is 4.35. The Kier molecular flexibility index (Phi) is 6.73. The summed E-state index contributed by atoms with van der Waals surface area (Å²) < 4.78 is 1.19. The lowest BCUT2D eigenvalue weighted by atomic mass is 10.3. The highest BCUT2D eigenvalue weighted by Gasteiger charge is 2.06. The Bertz CT molecular complexity index is 563. The van der Waals surface area contributed by atoms with Crippen molar-refractivity contribution < 1.29 is 0 Å². The standard InChI is InChI=1S/C15H20BrN3S2/c1-17-15(18-9-7-13-5-6-14(16)21-13)19(2)10-8-12-4-3-11-20-12/h3-6,11H,7-10H2,1-2H3,(H,17,18). The third-order valence-electron chi connectivity index (χ3n) is 3.13. The van der Waals surface area contributed by atoms with Crippen LogP contribution < -0.4 is 5.32 Å². The summed E-state index contributed by atoms with van der Waals surface area (Å²) in [6.45, 7) is 1.88. The Morgan fingerprint density at radius 1 is 1.29 bits per heavy atom. The normalized spacial score (nSPS) is 11.7. The first-order valence-electron chi connectivity index (χ1n) is 6.87. The van der Waals surface area contributed by atoms with E-state index in [0.717, 1.165) is 31.9 Å². The molecule has 0 aliphatic rings. The fourth-order valence-corrected chi connectivity index (χ4v) is 4.19. The fraction of sp³-hybridized carbons (Fsp3) is 0.400. The Hall–Kier alpha value is -0.850. The molecule has 0 radical (unpaired) electrons. The van der Waals surface area contributed by atoms with Crippen LogP contribution in [0.3, 0.4) is 0 Å². The predicted octanol–water partition coefficient (Wildman–Crippen LogP) is 3.86. The van der Waals surface area contributed by atoms with E-state index in [-0.39, 0.29) is 0 Å². The first-order chi connectivity index (χ1) is 10.2. The Morgan fingerprint density at radius 2 is 2.14 bits per heavy atom. The summed E-state index contributed by atoms with van der Waals surface area (Å²) in [5, 5.41) is 5.55. The van der Waals surface area contributed by atoms with E-state index in [1.54, 1.807) is 11.3 Å². The van der Waals surface area contributed by atoms with E-state index >= 15 is 0 Å². The van der Waals surface area contributed by atoms with Gasteiger partial charge in [0.15, 0.2) is 5.96 Å². The zero-order chi connectivity index (χ0) is 15.1. The van der Waals surface area contributed by atoms with Gasteiger partial charge in [0.1, 0.15) is 0 Å². The molecule has 0 atom stereocenters. The molecule has 0 bridgehead atoms. The topological polar surface area (TPSA) is 27.6 Å². The zero-order valence-corrected chi connectivity index (χ0v) is 15.5. The second-order valence-electron chi connectivity index (χ2n) is 4.68. The Morgan fingerprint density at radius 3 is 2.76 bits per heavy atom. The van der Waals surface area contributed by atoms with Gasteiger partial charge in [-0.2, -0.15) is 0 Å². The van der Waals surface area contributed by atoms with Gasteiger partial charge in [-0.25, -0.2) is 0 Å². The summed E-state index contributed by atoms with van der Waals surface area (Å²) in [6.07, 6.45) is 2.08. The van der Waals surface area contributed by atoms with E-state index < -0.39 is 0 Å². The lowest BCUT2D eigenvalue weighted by Gasteiger charge is -2.21. The van der Waals surface area contributed by atoms with Crippen molar-refractivity contribution in [3.63, 3.8) is 0 Å². The monoisotopic (exact) mass is 385 g/mol. The van der Waals surface area contributed by atoms with Gasteiger partial charge in [-0.1, -0.05) is 6.07 Å². The first kappa shape index (κ1) is 16.5. The van der Waals surface area contributed by atoms with Crippen LogP contribution in [0.25, 0.3) is 0 Å². The number of thiophene rings is 2. The predicted molar refractivity (Wildman–Crippen MR) is 97.7 cm³/mol. The smallest absolute Gasteiger partial charge is 0.193 e. The van der Waals surface area contributed by atoms with Crippen molar-refractivity contribution in [3.8, 4) is 0 Å². The highest BCUT2D eigenvalue weighted by Crippen LogP contribution is 2.22. The Labute approximate surface area is 142 Å². The number of aliphatic imine (C=N–C) groups is 1. The number of guanidine groups is 1. The van der Waals surface area contributed by atoms with Gasteiger partial charge in [0, 0.05) is 36.9 Å². The summed E-state index contributed by atoms with van der Waals surface area (Å²) in [5.74, 6) is 0.960. The summed E-state index contributed by atoms with van der Waals surface area (Å²) in [7, 11) is 3.93. The van der Waals surface area contributed by atoms with Gasteiger partial charge in [-0.15, -0.1) is 22.7 Å². The molecule has 0 amide bonds. The maximum Gasteiger partial charge on any atom is 0.193 e. The van der Waals surface area contributed by atoms with Gasteiger partial charge in [-0.05, 0) is 52.4 Å². The molecule has 0 saturated carbocycles. The third-order valence-corrected chi connectivity index (χ3v) is 5.75. The van der Waals surface area contributed by atoms with Crippen LogP contribution in [0.15, 0.2) is 38.4 Å². The van der Waals surface area contributed by atoms with Gasteiger partial charge in [-0.3, -0.25) is 4.99 Å². The number of hydrogen-bond acceptors (Lipinski definition) is 3. The van der Waals surface area contributed by atoms with Crippen molar-refractivity contribution in [3.05, 3.63) is 43.2 Å². The molecule has 2 rings (SSSR count). The summed E-state index contributed by atoms with van der Waals surface area (Å²) in [4.78, 5) is 9.34. The average molecular weight is 386 g/mol. The zero-order valence-electron chi connectivity index (χ0n) is 12.3. The molecule has 0 saturated heterocycles. The number of likely N-dealkylation sites (N-methyl/N-ethyl adjacent to an activating group) is 1. The van der Waals surface area contributed by atoms with Crippen molar-refractivity contribution in [1.29, 1.82) is 0 Å². The molecule has 2 heterocycles. The van der Waals surface area contributed by atoms with Gasteiger partial charge >= 0.3 is 0 Å². The van der Waals surface area contributed by atoms with E-state index in [0.29, 0.717) is 0 Å². The summed E-state index contributed by atoms with van der Waals surface area (Å²) in [5.41, 5.74) is 0. The van der Waals surface area contributed by atoms with E-state index in [1.807, 2.05) is 18.4 Å². The molecule has 0 aliphatic heterocycles. The van der Waals surface area contributed by atoms with Gasteiger partial charge in [0.25, 0.3) is 0 Å². The highest BCUT2D eigenvalue weighted by atomic mass is 79.9. The quantitative estimate of drug-likeness (QED) is 0.603. The lowest BCUT2D eigenvalue weighted by molar-refractivity contribution is 0.487. The number of rotatable bonds is 6. The van der Waals surface area contributed by atoms with Crippen molar-refractivity contribution in [2.75, 3.05) is 27.2 Å². The molecule has 1 N–H and O–H groups in total. The molecule has 114 valence electrons. The van der Waals surface area contributed by atoms with Gasteiger partial charge in [0.2, 0.25) is 0 Å². The molecule has 3 nitrogen and oxygen atoms in total. The number of nitrogens with one attached hydrogen (secondary N) is 1. The van der Waals surface area contributed by atoms with Crippen LogP contribution in [0, 0.1) is 0 Å². The molecule has 21 heavy (non-hydrogen) atoms. The van der Waals surface area contributed by atoms with Crippen LogP contribution in [0.1, 0.15) is 9.75 Å². The van der Waals surface area contributed by atoms with Crippen LogP contribution >= 0.6 is 38.6 Å². The average Bonchev–Trinajstić information content (AvgIpc) is 3.12. The minimum Gasteiger partial charge on any atom is -0.356 e. The van der Waals surface area contributed by atoms with Crippen LogP contribution in [-0.2, 0) is 12.8 Å². The largest absolute Gasteiger partial charge is 0.356 e. The highest BCUT2D eigenvalue weighted by molar-refractivity contribution is 9.11. The van der Waals surface area contributed by atoms with Gasteiger partial charge in [0.05, 0.1) is 3.79 Å². The van der Waals surface area contributed by atoms with Crippen LogP contribution in [0.4, 0.5) is 0 Å². The molecule has 2 aromatic heterocycles. The second kappa shape index (κ2) is 8.56. The van der Waals surface area contributed by atoms with Crippen LogP contribution in [0.2, 0.25) is 0 Å². The molecule has 0 spiro atoms. The molecule has 2 aromatic rings. The summed E-state index contributed by atoms with van der Waals surface area (Å²) >= 11 is 7.10. The van der Waals surface area contributed by atoms with Crippen molar-refractivity contribution in [2.24, 2.45) is 4.99 Å². The van der Waals surface area contributed by atoms with Crippen molar-refractivity contribution in [1.82, 2.24) is 10.2 Å².